The van der Waals surface area contributed by atoms with Crippen molar-refractivity contribution < 1.29 is 9.90 Å². The van der Waals surface area contributed by atoms with Gasteiger partial charge in [0.25, 0.3) is 0 Å². The minimum atomic E-state index is -0.677. The Morgan fingerprint density at radius 1 is 1.53 bits per heavy atom. The van der Waals surface area contributed by atoms with E-state index < -0.39 is 11.4 Å². The lowest BCUT2D eigenvalue weighted by Gasteiger charge is -2.39. The van der Waals surface area contributed by atoms with Crippen LogP contribution in [0.3, 0.4) is 0 Å². The van der Waals surface area contributed by atoms with Gasteiger partial charge in [0, 0.05) is 13.1 Å². The van der Waals surface area contributed by atoms with E-state index in [4.69, 9.17) is 0 Å². The molecule has 1 fully saturated rings. The molecule has 3 heteroatoms. The number of carbonyl (C=O) groups is 1. The molecule has 1 N–H and O–H groups in total. The molecule has 0 aromatic carbocycles. The molecule has 1 heterocycles. The third kappa shape index (κ3) is 3.84. The number of rotatable bonds is 5. The Bertz CT molecular complexity index is 297. The summed E-state index contributed by atoms with van der Waals surface area (Å²) in [6.07, 6.45) is 3.15. The predicted molar refractivity (Wildman–Crippen MR) is 70.0 cm³/mol. The molecule has 0 amide bonds. The van der Waals surface area contributed by atoms with Gasteiger partial charge in [-0.1, -0.05) is 5.57 Å². The Morgan fingerprint density at radius 2 is 2.18 bits per heavy atom. The smallest absolute Gasteiger partial charge is 0.309 e. The van der Waals surface area contributed by atoms with E-state index in [9.17, 15) is 9.90 Å². The number of nitrogens with zero attached hydrogens (tertiary/aromatic N) is 1. The van der Waals surface area contributed by atoms with Crippen LogP contribution in [-0.4, -0.2) is 35.6 Å². The van der Waals surface area contributed by atoms with Gasteiger partial charge >= 0.3 is 5.97 Å². The summed E-state index contributed by atoms with van der Waals surface area (Å²) in [6.45, 7) is 12.7. The van der Waals surface area contributed by atoms with E-state index in [0.717, 1.165) is 38.9 Å². The van der Waals surface area contributed by atoms with Crippen LogP contribution >= 0.6 is 0 Å². The SMILES string of the molecule is C=C(C)CCN1CCCC(C(C)(C)C(=O)O)C1. The molecular formula is C14H25NO2. The molecule has 0 aromatic heterocycles. The van der Waals surface area contributed by atoms with E-state index >= 15 is 0 Å². The van der Waals surface area contributed by atoms with E-state index in [2.05, 4.69) is 11.5 Å². The van der Waals surface area contributed by atoms with Gasteiger partial charge in [-0.15, -0.1) is 6.58 Å². The average Bonchev–Trinajstić information content (AvgIpc) is 2.26. The lowest BCUT2D eigenvalue weighted by molar-refractivity contribution is -0.151. The lowest BCUT2D eigenvalue weighted by Crippen LogP contribution is -2.44. The fourth-order valence-corrected chi connectivity index (χ4v) is 2.37. The lowest BCUT2D eigenvalue weighted by atomic mass is 9.74. The van der Waals surface area contributed by atoms with Crippen LogP contribution < -0.4 is 0 Å². The zero-order valence-electron chi connectivity index (χ0n) is 11.3. The first-order chi connectivity index (χ1) is 7.84. The quantitative estimate of drug-likeness (QED) is 0.750. The van der Waals surface area contributed by atoms with Gasteiger partial charge in [-0.05, 0) is 52.5 Å². The van der Waals surface area contributed by atoms with Crippen LogP contribution in [0.15, 0.2) is 12.2 Å². The molecule has 1 aliphatic heterocycles. The van der Waals surface area contributed by atoms with Crippen LogP contribution in [0.25, 0.3) is 0 Å². The Balaban J connectivity index is 2.54. The predicted octanol–water partition coefficient (Wildman–Crippen LogP) is 2.78. The zero-order valence-corrected chi connectivity index (χ0v) is 11.3. The molecule has 1 rings (SSSR count). The van der Waals surface area contributed by atoms with E-state index in [1.54, 1.807) is 0 Å². The van der Waals surface area contributed by atoms with Crippen LogP contribution in [0.5, 0.6) is 0 Å². The van der Waals surface area contributed by atoms with Gasteiger partial charge in [-0.25, -0.2) is 0 Å². The third-order valence-corrected chi connectivity index (χ3v) is 3.93. The second-order valence-corrected chi connectivity index (χ2v) is 5.87. The zero-order chi connectivity index (χ0) is 13.1. The van der Waals surface area contributed by atoms with Crippen molar-refractivity contribution in [3.8, 4) is 0 Å². The van der Waals surface area contributed by atoms with Gasteiger partial charge in [-0.2, -0.15) is 0 Å². The number of carboxylic acids is 1. The van der Waals surface area contributed by atoms with E-state index in [1.165, 1.54) is 5.57 Å². The topological polar surface area (TPSA) is 40.5 Å². The molecule has 1 unspecified atom stereocenters. The van der Waals surface area contributed by atoms with Crippen LogP contribution in [-0.2, 0) is 4.79 Å². The Morgan fingerprint density at radius 3 is 2.71 bits per heavy atom. The first kappa shape index (κ1) is 14.2. The van der Waals surface area contributed by atoms with Gasteiger partial charge < -0.3 is 10.0 Å². The molecule has 0 aliphatic carbocycles. The normalized spacial score (nSPS) is 22.4. The van der Waals surface area contributed by atoms with Crippen molar-refractivity contribution in [1.29, 1.82) is 0 Å². The molecule has 0 spiro atoms. The second-order valence-electron chi connectivity index (χ2n) is 5.87. The Kier molecular flexibility index (Phi) is 4.75. The highest BCUT2D eigenvalue weighted by Crippen LogP contribution is 2.34. The highest BCUT2D eigenvalue weighted by Gasteiger charge is 2.38. The number of aliphatic carboxylic acids is 1. The van der Waals surface area contributed by atoms with Crippen molar-refractivity contribution in [2.75, 3.05) is 19.6 Å². The summed E-state index contributed by atoms with van der Waals surface area (Å²) in [5.41, 5.74) is 0.589. The molecule has 3 nitrogen and oxygen atoms in total. The molecular weight excluding hydrogens is 214 g/mol. The minimum absolute atomic E-state index is 0.263. The molecule has 0 saturated carbocycles. The van der Waals surface area contributed by atoms with Gasteiger partial charge in [-0.3, -0.25) is 4.79 Å². The van der Waals surface area contributed by atoms with Gasteiger partial charge in [0.05, 0.1) is 5.41 Å². The van der Waals surface area contributed by atoms with Crippen LogP contribution in [0.4, 0.5) is 0 Å². The molecule has 1 aliphatic rings. The van der Waals surface area contributed by atoms with Gasteiger partial charge in [0.2, 0.25) is 0 Å². The molecule has 0 radical (unpaired) electrons. The standard InChI is InChI=1S/C14H25NO2/c1-11(2)7-9-15-8-5-6-12(10-15)14(3,4)13(16)17/h12H,1,5-10H2,2-4H3,(H,16,17). The van der Waals surface area contributed by atoms with E-state index in [0.29, 0.717) is 0 Å². The summed E-state index contributed by atoms with van der Waals surface area (Å²) in [4.78, 5) is 13.6. The fourth-order valence-electron chi connectivity index (χ4n) is 2.37. The average molecular weight is 239 g/mol. The highest BCUT2D eigenvalue weighted by atomic mass is 16.4. The van der Waals surface area contributed by atoms with Gasteiger partial charge in [0.15, 0.2) is 0 Å². The maximum absolute atomic E-state index is 11.3. The number of hydrogen-bond donors (Lipinski definition) is 1. The molecule has 1 atom stereocenters. The van der Waals surface area contributed by atoms with Crippen molar-refractivity contribution in [3.05, 3.63) is 12.2 Å². The van der Waals surface area contributed by atoms with Crippen molar-refractivity contribution in [3.63, 3.8) is 0 Å². The fraction of sp³-hybridized carbons (Fsp3) is 0.786. The molecule has 0 bridgehead atoms. The number of likely N-dealkylation sites (tertiary alicyclic amines) is 1. The maximum atomic E-state index is 11.3. The third-order valence-electron chi connectivity index (χ3n) is 3.93. The molecule has 17 heavy (non-hydrogen) atoms. The monoisotopic (exact) mass is 239 g/mol. The number of piperidine rings is 1. The largest absolute Gasteiger partial charge is 0.481 e. The summed E-state index contributed by atoms with van der Waals surface area (Å²) in [5.74, 6) is -0.414. The Labute approximate surface area is 105 Å². The molecule has 0 aromatic rings. The molecule has 1 saturated heterocycles. The van der Waals surface area contributed by atoms with Crippen molar-refractivity contribution >= 4 is 5.97 Å². The van der Waals surface area contributed by atoms with Crippen LogP contribution in [0, 0.1) is 11.3 Å². The first-order valence-corrected chi connectivity index (χ1v) is 6.44. The summed E-state index contributed by atoms with van der Waals surface area (Å²) >= 11 is 0. The first-order valence-electron chi connectivity index (χ1n) is 6.44. The van der Waals surface area contributed by atoms with E-state index in [-0.39, 0.29) is 5.92 Å². The van der Waals surface area contributed by atoms with Crippen LogP contribution in [0.1, 0.15) is 40.0 Å². The second kappa shape index (κ2) is 5.67. The summed E-state index contributed by atoms with van der Waals surface area (Å²) in [7, 11) is 0. The summed E-state index contributed by atoms with van der Waals surface area (Å²) in [5, 5.41) is 9.27. The van der Waals surface area contributed by atoms with Gasteiger partial charge in [0.1, 0.15) is 0 Å². The Hall–Kier alpha value is -0.830. The van der Waals surface area contributed by atoms with Crippen molar-refractivity contribution in [1.82, 2.24) is 4.90 Å². The van der Waals surface area contributed by atoms with Crippen LogP contribution in [0.2, 0.25) is 0 Å². The molecule has 98 valence electrons. The highest BCUT2D eigenvalue weighted by molar-refractivity contribution is 5.74. The minimum Gasteiger partial charge on any atom is -0.481 e. The van der Waals surface area contributed by atoms with Crippen molar-refractivity contribution in [2.45, 2.75) is 40.0 Å². The summed E-state index contributed by atoms with van der Waals surface area (Å²) < 4.78 is 0. The number of carboxylic acid groups (broad SMARTS) is 1. The maximum Gasteiger partial charge on any atom is 0.309 e. The van der Waals surface area contributed by atoms with Crippen molar-refractivity contribution in [2.24, 2.45) is 11.3 Å². The summed E-state index contributed by atoms with van der Waals surface area (Å²) in [6, 6.07) is 0. The number of hydrogen-bond acceptors (Lipinski definition) is 2. The van der Waals surface area contributed by atoms with E-state index in [1.807, 2.05) is 20.8 Å².